The summed E-state index contributed by atoms with van der Waals surface area (Å²) in [4.78, 5) is 40.7. The van der Waals surface area contributed by atoms with Crippen LogP contribution in [-0.4, -0.2) is 61.6 Å². The largest absolute Gasteiger partial charge is 0.378 e. The van der Waals surface area contributed by atoms with Crippen LogP contribution in [0.1, 0.15) is 42.8 Å². The summed E-state index contributed by atoms with van der Waals surface area (Å²) in [5.74, 6) is 0.123. The molecule has 0 aliphatic carbocycles. The molecule has 1 saturated heterocycles. The normalized spacial score (nSPS) is 24.3. The third-order valence-electron chi connectivity index (χ3n) is 6.02. The number of nitrogens with zero attached hydrogens (tertiary/aromatic N) is 6. The molecule has 0 unspecified atom stereocenters. The van der Waals surface area contributed by atoms with Crippen LogP contribution in [0.4, 0.5) is 4.79 Å². The quantitative estimate of drug-likeness (QED) is 0.748. The van der Waals surface area contributed by atoms with E-state index >= 15 is 0 Å². The van der Waals surface area contributed by atoms with E-state index in [9.17, 15) is 9.59 Å². The summed E-state index contributed by atoms with van der Waals surface area (Å²) >= 11 is 0. The lowest BCUT2D eigenvalue weighted by Crippen LogP contribution is -2.55. The molecular weight excluding hydrogens is 400 g/mol. The number of urea groups is 1. The highest BCUT2D eigenvalue weighted by atomic mass is 16.7. The Morgan fingerprint density at radius 2 is 1.94 bits per heavy atom. The smallest absolute Gasteiger partial charge is 0.345 e. The highest BCUT2D eigenvalue weighted by molar-refractivity contribution is 6.06. The van der Waals surface area contributed by atoms with E-state index in [4.69, 9.17) is 9.68 Å². The predicted octanol–water partition coefficient (Wildman–Crippen LogP) is 1.97. The number of benzene rings is 1. The summed E-state index contributed by atoms with van der Waals surface area (Å²) in [5.41, 5.74) is 1.56. The number of hydrogen-bond donors (Lipinski definition) is 0. The average Bonchev–Trinajstić information content (AvgIpc) is 3.27. The van der Waals surface area contributed by atoms with E-state index in [1.807, 2.05) is 37.4 Å². The van der Waals surface area contributed by atoms with Crippen molar-refractivity contribution in [1.29, 1.82) is 0 Å². The highest BCUT2D eigenvalue weighted by Gasteiger charge is 2.54. The lowest BCUT2D eigenvalue weighted by Gasteiger charge is -2.39. The summed E-state index contributed by atoms with van der Waals surface area (Å²) in [6.07, 6.45) is 1.75. The number of aryl methyl sites for hydroxylation is 1. The SMILES string of the molecule is CN1C(=O)C(C)(C)ON=C1[C@@H]1c2c(cnn2C)[C@@H]2CN1C(=O)N2OCc1ccccc1. The molecule has 2 bridgehead atoms. The van der Waals surface area contributed by atoms with Crippen molar-refractivity contribution in [2.45, 2.75) is 38.1 Å². The van der Waals surface area contributed by atoms with Crippen molar-refractivity contribution in [3.05, 3.63) is 53.3 Å². The van der Waals surface area contributed by atoms with Crippen LogP contribution in [0.15, 0.2) is 41.7 Å². The van der Waals surface area contributed by atoms with Crippen LogP contribution in [0.5, 0.6) is 0 Å². The second-order valence-electron chi connectivity index (χ2n) is 8.46. The van der Waals surface area contributed by atoms with Crippen LogP contribution < -0.4 is 0 Å². The van der Waals surface area contributed by atoms with Gasteiger partial charge in [0.25, 0.3) is 5.91 Å². The summed E-state index contributed by atoms with van der Waals surface area (Å²) in [7, 11) is 3.46. The fourth-order valence-corrected chi connectivity index (χ4v) is 4.37. The first kappa shape index (κ1) is 19.6. The molecule has 3 aliphatic rings. The van der Waals surface area contributed by atoms with Crippen molar-refractivity contribution in [3.8, 4) is 0 Å². The molecular formula is C21H24N6O4. The van der Waals surface area contributed by atoms with Crippen LogP contribution in [0.3, 0.4) is 0 Å². The minimum absolute atomic E-state index is 0.229. The van der Waals surface area contributed by atoms with Gasteiger partial charge in [0.2, 0.25) is 5.60 Å². The lowest BCUT2D eigenvalue weighted by atomic mass is 9.96. The lowest BCUT2D eigenvalue weighted by molar-refractivity contribution is -0.153. The van der Waals surface area contributed by atoms with Crippen LogP contribution in [0.2, 0.25) is 0 Å². The summed E-state index contributed by atoms with van der Waals surface area (Å²) in [6.45, 7) is 4.01. The maximum Gasteiger partial charge on any atom is 0.345 e. The van der Waals surface area contributed by atoms with E-state index in [2.05, 4.69) is 10.3 Å². The van der Waals surface area contributed by atoms with E-state index in [0.717, 1.165) is 16.8 Å². The number of carbonyl (C=O) groups excluding carboxylic acids is 2. The average molecular weight is 424 g/mol. The second kappa shape index (κ2) is 6.81. The van der Waals surface area contributed by atoms with Gasteiger partial charge in [-0.2, -0.15) is 10.2 Å². The second-order valence-corrected chi connectivity index (χ2v) is 8.46. The molecule has 3 amide bonds. The Bertz CT molecular complexity index is 1080. The van der Waals surface area contributed by atoms with E-state index in [-0.39, 0.29) is 24.6 Å². The number of amides is 3. The fourth-order valence-electron chi connectivity index (χ4n) is 4.37. The molecule has 0 saturated carbocycles. The molecule has 0 spiro atoms. The highest BCUT2D eigenvalue weighted by Crippen LogP contribution is 2.45. The van der Waals surface area contributed by atoms with E-state index in [1.54, 1.807) is 36.7 Å². The van der Waals surface area contributed by atoms with Gasteiger partial charge >= 0.3 is 6.03 Å². The molecule has 31 heavy (non-hydrogen) atoms. The number of hydrogen-bond acceptors (Lipinski definition) is 6. The Morgan fingerprint density at radius 1 is 1.19 bits per heavy atom. The number of amidine groups is 1. The molecule has 10 nitrogen and oxygen atoms in total. The Hall–Kier alpha value is -3.40. The van der Waals surface area contributed by atoms with E-state index in [1.165, 1.54) is 9.96 Å². The summed E-state index contributed by atoms with van der Waals surface area (Å²) < 4.78 is 1.72. The van der Waals surface area contributed by atoms with Crippen molar-refractivity contribution in [2.24, 2.45) is 12.2 Å². The Kier molecular flexibility index (Phi) is 4.30. The zero-order valence-corrected chi connectivity index (χ0v) is 17.8. The number of likely N-dealkylation sites (N-methyl/N-ethyl adjacent to an activating group) is 1. The number of fused-ring (bicyclic) bond motifs is 4. The van der Waals surface area contributed by atoms with Gasteiger partial charge in [0.1, 0.15) is 18.7 Å². The van der Waals surface area contributed by atoms with Gasteiger partial charge in [0.05, 0.1) is 18.4 Å². The zero-order chi connectivity index (χ0) is 21.9. The van der Waals surface area contributed by atoms with Crippen LogP contribution in [0, 0.1) is 0 Å². The molecule has 10 heteroatoms. The molecule has 5 rings (SSSR count). The topological polar surface area (TPSA) is 92.5 Å². The van der Waals surface area contributed by atoms with Crippen LogP contribution in [-0.2, 0) is 28.1 Å². The standard InChI is InChI=1S/C21H24N6O4/c1-21(2)19(28)24(3)18(23-31-21)17-16-14(10-22-25(16)4)15-11-26(17)20(29)27(15)30-12-13-8-6-5-7-9-13/h5-10,15,17H,11-12H2,1-4H3/t15-,17-/m0/s1. The molecule has 162 valence electrons. The van der Waals surface area contributed by atoms with Gasteiger partial charge in [-0.1, -0.05) is 35.5 Å². The van der Waals surface area contributed by atoms with Crippen LogP contribution in [0.25, 0.3) is 0 Å². The maximum atomic E-state index is 13.4. The van der Waals surface area contributed by atoms with Gasteiger partial charge in [-0.3, -0.25) is 19.2 Å². The predicted molar refractivity (Wildman–Crippen MR) is 109 cm³/mol. The first-order valence-electron chi connectivity index (χ1n) is 10.1. The number of carbonyl (C=O) groups is 2. The minimum atomic E-state index is -1.06. The van der Waals surface area contributed by atoms with Crippen molar-refractivity contribution in [3.63, 3.8) is 0 Å². The zero-order valence-electron chi connectivity index (χ0n) is 17.8. The molecule has 4 heterocycles. The van der Waals surface area contributed by atoms with Gasteiger partial charge in [0, 0.05) is 19.7 Å². The number of hydroxylamine groups is 2. The number of aromatic nitrogens is 2. The van der Waals surface area contributed by atoms with Crippen molar-refractivity contribution >= 4 is 17.8 Å². The molecule has 2 atom stereocenters. The van der Waals surface area contributed by atoms with Gasteiger partial charge < -0.3 is 9.74 Å². The first-order valence-corrected chi connectivity index (χ1v) is 10.1. The molecule has 0 radical (unpaired) electrons. The molecule has 0 N–H and O–H groups in total. The van der Waals surface area contributed by atoms with E-state index < -0.39 is 11.6 Å². The molecule has 2 aromatic rings. The third kappa shape index (κ3) is 2.89. The van der Waals surface area contributed by atoms with Gasteiger partial charge in [0.15, 0.2) is 5.84 Å². The molecule has 1 fully saturated rings. The minimum Gasteiger partial charge on any atom is -0.378 e. The first-order chi connectivity index (χ1) is 14.8. The maximum absolute atomic E-state index is 13.4. The van der Waals surface area contributed by atoms with Gasteiger partial charge in [-0.15, -0.1) is 0 Å². The van der Waals surface area contributed by atoms with Crippen molar-refractivity contribution in [2.75, 3.05) is 13.6 Å². The Labute approximate surface area is 179 Å². The summed E-state index contributed by atoms with van der Waals surface area (Å²) in [6, 6.07) is 8.50. The molecule has 3 aliphatic heterocycles. The Morgan fingerprint density at radius 3 is 2.68 bits per heavy atom. The van der Waals surface area contributed by atoms with Crippen molar-refractivity contribution in [1.82, 2.24) is 24.6 Å². The Balaban J connectivity index is 1.51. The van der Waals surface area contributed by atoms with Gasteiger partial charge in [-0.25, -0.2) is 4.79 Å². The number of rotatable bonds is 4. The molecule has 1 aromatic carbocycles. The third-order valence-corrected chi connectivity index (χ3v) is 6.02. The van der Waals surface area contributed by atoms with Crippen molar-refractivity contribution < 1.29 is 19.3 Å². The number of oxime groups is 1. The van der Waals surface area contributed by atoms with E-state index in [0.29, 0.717) is 12.4 Å². The fraction of sp³-hybridized carbons (Fsp3) is 0.429. The van der Waals surface area contributed by atoms with Crippen LogP contribution >= 0.6 is 0 Å². The van der Waals surface area contributed by atoms with Gasteiger partial charge in [-0.05, 0) is 19.4 Å². The summed E-state index contributed by atoms with van der Waals surface area (Å²) in [5, 5.41) is 10.1. The molecule has 1 aromatic heterocycles. The monoisotopic (exact) mass is 424 g/mol.